The summed E-state index contributed by atoms with van der Waals surface area (Å²) >= 11 is 0. The lowest BCUT2D eigenvalue weighted by molar-refractivity contribution is -0.108. The van der Waals surface area contributed by atoms with Gasteiger partial charge in [0.1, 0.15) is 0 Å². The molecule has 0 aromatic carbocycles. The fourth-order valence-electron chi connectivity index (χ4n) is 1.18. The predicted molar refractivity (Wildman–Crippen MR) is 35.9 cm³/mol. The van der Waals surface area contributed by atoms with Crippen LogP contribution < -0.4 is 5.32 Å². The van der Waals surface area contributed by atoms with E-state index in [-0.39, 0.29) is 18.8 Å². The molecule has 1 aliphatic carbocycles. The highest BCUT2D eigenvalue weighted by Gasteiger charge is 2.44. The van der Waals surface area contributed by atoms with Crippen LogP contribution in [0.3, 0.4) is 0 Å². The number of hydrogen-bond donors (Lipinski definition) is 1. The molecule has 1 N–H and O–H groups in total. The quantitative estimate of drug-likeness (QED) is 0.641. The van der Waals surface area contributed by atoms with Gasteiger partial charge >= 0.3 is 0 Å². The molecule has 58 valence electrons. The number of halogens is 2. The van der Waals surface area contributed by atoms with E-state index in [4.69, 9.17) is 0 Å². The van der Waals surface area contributed by atoms with Crippen LogP contribution in [0, 0.1) is 5.92 Å². The maximum absolute atomic E-state index is 12.2. The summed E-state index contributed by atoms with van der Waals surface area (Å²) < 4.78 is 24.3. The molecule has 0 aliphatic heterocycles. The van der Waals surface area contributed by atoms with Crippen LogP contribution in [-0.2, 0) is 0 Å². The first kappa shape index (κ1) is 7.51. The monoisotopic (exact) mass is 147 g/mol. The molecule has 1 fully saturated rings. The molecule has 0 spiro atoms. The maximum Gasteiger partial charge on any atom is 0.248 e. The third kappa shape index (κ3) is 1.69. The zero-order valence-corrected chi connectivity index (χ0v) is 5.74. The zero-order valence-electron chi connectivity index (χ0n) is 5.74. The van der Waals surface area contributed by atoms with E-state index in [0.29, 0.717) is 6.54 Å². The number of hydrogen-bond acceptors (Lipinski definition) is 1. The number of nitrogens with one attached hydrogen (secondary N) is 1. The van der Waals surface area contributed by atoms with Crippen LogP contribution in [0.15, 0.2) is 12.8 Å². The molecule has 0 aromatic heterocycles. The van der Waals surface area contributed by atoms with Crippen LogP contribution >= 0.6 is 0 Å². The molecule has 0 aromatic rings. The van der Waals surface area contributed by atoms with Gasteiger partial charge in [-0.25, -0.2) is 8.78 Å². The van der Waals surface area contributed by atoms with Crippen LogP contribution in [0.1, 0.15) is 12.8 Å². The smallest absolute Gasteiger partial charge is 0.248 e. The molecule has 1 rings (SSSR count). The SMILES string of the molecule is C=CNCC1CC(F)(F)C1. The van der Waals surface area contributed by atoms with Gasteiger partial charge in [0, 0.05) is 19.4 Å². The minimum atomic E-state index is -2.38. The zero-order chi connectivity index (χ0) is 7.61. The molecule has 0 atom stereocenters. The summed E-state index contributed by atoms with van der Waals surface area (Å²) in [4.78, 5) is 0. The first-order valence-corrected chi connectivity index (χ1v) is 3.36. The van der Waals surface area contributed by atoms with Gasteiger partial charge in [0.25, 0.3) is 0 Å². The fourth-order valence-corrected chi connectivity index (χ4v) is 1.18. The van der Waals surface area contributed by atoms with Crippen molar-refractivity contribution in [2.75, 3.05) is 6.54 Å². The van der Waals surface area contributed by atoms with Crippen molar-refractivity contribution in [1.82, 2.24) is 5.32 Å². The standard InChI is InChI=1S/C7H11F2N/c1-2-10-5-6-3-7(8,9)4-6/h2,6,10H,1,3-5H2. The molecule has 1 saturated carbocycles. The van der Waals surface area contributed by atoms with E-state index in [1.807, 2.05) is 0 Å². The molecule has 10 heavy (non-hydrogen) atoms. The third-order valence-corrected chi connectivity index (χ3v) is 1.73. The molecule has 0 unspecified atom stereocenters. The molecule has 0 amide bonds. The predicted octanol–water partition coefficient (Wildman–Crippen LogP) is 1.76. The molecule has 0 heterocycles. The Balaban J connectivity index is 2.08. The lowest BCUT2D eigenvalue weighted by Gasteiger charge is -2.34. The largest absolute Gasteiger partial charge is 0.391 e. The fraction of sp³-hybridized carbons (Fsp3) is 0.714. The van der Waals surface area contributed by atoms with Crippen LogP contribution in [0.25, 0.3) is 0 Å². The van der Waals surface area contributed by atoms with E-state index in [1.54, 1.807) is 0 Å². The Bertz CT molecular complexity index is 126. The van der Waals surface area contributed by atoms with E-state index in [0.717, 1.165) is 0 Å². The normalized spacial score (nSPS) is 23.4. The van der Waals surface area contributed by atoms with Gasteiger partial charge in [0.2, 0.25) is 5.92 Å². The van der Waals surface area contributed by atoms with Crippen LogP contribution in [0.2, 0.25) is 0 Å². The minimum absolute atomic E-state index is 0.0356. The van der Waals surface area contributed by atoms with E-state index in [2.05, 4.69) is 11.9 Å². The molecule has 0 radical (unpaired) electrons. The topological polar surface area (TPSA) is 12.0 Å². The van der Waals surface area contributed by atoms with E-state index >= 15 is 0 Å². The highest BCUT2D eigenvalue weighted by molar-refractivity contribution is 4.87. The van der Waals surface area contributed by atoms with Gasteiger partial charge in [-0.2, -0.15) is 0 Å². The molecule has 0 bridgehead atoms. The second kappa shape index (κ2) is 2.56. The van der Waals surface area contributed by atoms with Gasteiger partial charge in [-0.15, -0.1) is 0 Å². The Morgan fingerprint density at radius 2 is 2.20 bits per heavy atom. The van der Waals surface area contributed by atoms with Crippen LogP contribution in [-0.4, -0.2) is 12.5 Å². The van der Waals surface area contributed by atoms with Gasteiger partial charge < -0.3 is 5.32 Å². The second-order valence-electron chi connectivity index (χ2n) is 2.74. The maximum atomic E-state index is 12.2. The van der Waals surface area contributed by atoms with Gasteiger partial charge in [-0.05, 0) is 12.1 Å². The Labute approximate surface area is 59.1 Å². The molecule has 0 saturated heterocycles. The summed E-state index contributed by atoms with van der Waals surface area (Å²) in [6.07, 6.45) is 1.61. The summed E-state index contributed by atoms with van der Waals surface area (Å²) in [5.41, 5.74) is 0. The second-order valence-corrected chi connectivity index (χ2v) is 2.74. The summed E-state index contributed by atoms with van der Waals surface area (Å²) in [6, 6.07) is 0. The Hall–Kier alpha value is -0.600. The van der Waals surface area contributed by atoms with E-state index < -0.39 is 5.92 Å². The van der Waals surface area contributed by atoms with Crippen molar-refractivity contribution in [3.63, 3.8) is 0 Å². The van der Waals surface area contributed by atoms with Crippen molar-refractivity contribution < 1.29 is 8.78 Å². The van der Waals surface area contributed by atoms with Gasteiger partial charge in [-0.1, -0.05) is 6.58 Å². The van der Waals surface area contributed by atoms with Crippen molar-refractivity contribution in [2.24, 2.45) is 5.92 Å². The molecule has 1 aliphatic rings. The average molecular weight is 147 g/mol. The molecular weight excluding hydrogens is 136 g/mol. The van der Waals surface area contributed by atoms with Crippen LogP contribution in [0.5, 0.6) is 0 Å². The van der Waals surface area contributed by atoms with E-state index in [9.17, 15) is 8.78 Å². The average Bonchev–Trinajstić information content (AvgIpc) is 1.78. The Kier molecular flexibility index (Phi) is 1.92. The van der Waals surface area contributed by atoms with Crippen molar-refractivity contribution >= 4 is 0 Å². The minimum Gasteiger partial charge on any atom is -0.391 e. The van der Waals surface area contributed by atoms with Gasteiger partial charge in [0.15, 0.2) is 0 Å². The lowest BCUT2D eigenvalue weighted by Crippen LogP contribution is -2.39. The van der Waals surface area contributed by atoms with Crippen molar-refractivity contribution in [1.29, 1.82) is 0 Å². The van der Waals surface area contributed by atoms with Gasteiger partial charge in [0.05, 0.1) is 0 Å². The summed E-state index contributed by atoms with van der Waals surface area (Å²) in [5.74, 6) is -2.24. The van der Waals surface area contributed by atoms with Crippen molar-refractivity contribution in [2.45, 2.75) is 18.8 Å². The highest BCUT2D eigenvalue weighted by atomic mass is 19.3. The Morgan fingerprint density at radius 3 is 2.60 bits per heavy atom. The Morgan fingerprint density at radius 1 is 1.60 bits per heavy atom. The summed E-state index contributed by atoms with van der Waals surface area (Å²) in [5, 5.41) is 2.82. The molecular formula is C7H11F2N. The van der Waals surface area contributed by atoms with E-state index in [1.165, 1.54) is 6.20 Å². The number of rotatable bonds is 3. The highest BCUT2D eigenvalue weighted by Crippen LogP contribution is 2.41. The molecule has 3 heteroatoms. The first-order chi connectivity index (χ1) is 4.64. The molecule has 1 nitrogen and oxygen atoms in total. The summed E-state index contributed by atoms with van der Waals surface area (Å²) in [7, 11) is 0. The van der Waals surface area contributed by atoms with Crippen molar-refractivity contribution in [3.05, 3.63) is 12.8 Å². The van der Waals surface area contributed by atoms with Crippen molar-refractivity contribution in [3.8, 4) is 0 Å². The third-order valence-electron chi connectivity index (χ3n) is 1.73. The number of alkyl halides is 2. The van der Waals surface area contributed by atoms with Gasteiger partial charge in [-0.3, -0.25) is 0 Å². The summed E-state index contributed by atoms with van der Waals surface area (Å²) in [6.45, 7) is 4.07. The van der Waals surface area contributed by atoms with Crippen LogP contribution in [0.4, 0.5) is 8.78 Å². The lowest BCUT2D eigenvalue weighted by atomic mass is 9.81. The first-order valence-electron chi connectivity index (χ1n) is 3.36.